The maximum Gasteiger partial charge on any atom is 0.279 e. The number of anilines is 1. The van der Waals surface area contributed by atoms with Crippen molar-refractivity contribution < 1.29 is 4.79 Å². The lowest BCUT2D eigenvalue weighted by Gasteiger charge is -2.05. The second-order valence-corrected chi connectivity index (χ2v) is 5.34. The maximum atomic E-state index is 12.3. The summed E-state index contributed by atoms with van der Waals surface area (Å²) in [4.78, 5) is 16.5. The maximum absolute atomic E-state index is 12.3. The average molecular weight is 307 g/mol. The third-order valence-electron chi connectivity index (χ3n) is 3.53. The lowest BCUT2D eigenvalue weighted by molar-refractivity contribution is 0.102. The molecular formula is C17H17N5O. The van der Waals surface area contributed by atoms with Crippen LogP contribution in [0.4, 0.5) is 5.82 Å². The van der Waals surface area contributed by atoms with Crippen molar-refractivity contribution in [2.45, 2.75) is 20.4 Å². The molecule has 6 heteroatoms. The van der Waals surface area contributed by atoms with Gasteiger partial charge in [0.25, 0.3) is 5.91 Å². The summed E-state index contributed by atoms with van der Waals surface area (Å²) in [5, 5.41) is 10.8. The van der Waals surface area contributed by atoms with E-state index in [9.17, 15) is 4.79 Å². The topological polar surface area (TPSA) is 72.7 Å². The quantitative estimate of drug-likeness (QED) is 0.804. The van der Waals surface area contributed by atoms with E-state index in [0.29, 0.717) is 18.1 Å². The van der Waals surface area contributed by atoms with E-state index < -0.39 is 0 Å². The monoisotopic (exact) mass is 307 g/mol. The van der Waals surface area contributed by atoms with Gasteiger partial charge in [-0.25, -0.2) is 9.67 Å². The second kappa shape index (κ2) is 6.39. The van der Waals surface area contributed by atoms with E-state index in [1.165, 1.54) is 0 Å². The summed E-state index contributed by atoms with van der Waals surface area (Å²) in [5.74, 6) is 0.201. The zero-order valence-electron chi connectivity index (χ0n) is 13.0. The van der Waals surface area contributed by atoms with Gasteiger partial charge in [0.1, 0.15) is 5.82 Å². The molecule has 23 heavy (non-hydrogen) atoms. The fourth-order valence-electron chi connectivity index (χ4n) is 2.26. The summed E-state index contributed by atoms with van der Waals surface area (Å²) >= 11 is 0. The summed E-state index contributed by atoms with van der Waals surface area (Å²) in [6.45, 7) is 4.36. The first-order chi connectivity index (χ1) is 11.1. The lowest BCUT2D eigenvalue weighted by Crippen LogP contribution is -2.15. The Balaban J connectivity index is 1.77. The van der Waals surface area contributed by atoms with Crippen molar-refractivity contribution in [3.05, 3.63) is 71.2 Å². The molecule has 0 atom stereocenters. The Hall–Kier alpha value is -3.02. The lowest BCUT2D eigenvalue weighted by atomic mass is 10.2. The summed E-state index contributed by atoms with van der Waals surface area (Å²) in [6.07, 6.45) is 1.66. The van der Waals surface area contributed by atoms with Gasteiger partial charge < -0.3 is 5.32 Å². The van der Waals surface area contributed by atoms with Crippen molar-refractivity contribution in [1.29, 1.82) is 0 Å². The molecule has 0 saturated carbocycles. The predicted octanol–water partition coefficient (Wildman–Crippen LogP) is 2.59. The third-order valence-corrected chi connectivity index (χ3v) is 3.53. The van der Waals surface area contributed by atoms with Crippen LogP contribution in [0.25, 0.3) is 0 Å². The highest BCUT2D eigenvalue weighted by Crippen LogP contribution is 2.11. The van der Waals surface area contributed by atoms with Gasteiger partial charge in [0, 0.05) is 6.20 Å². The zero-order chi connectivity index (χ0) is 16.2. The summed E-state index contributed by atoms with van der Waals surface area (Å²) in [6, 6.07) is 13.6. The van der Waals surface area contributed by atoms with Gasteiger partial charge in [0.2, 0.25) is 0 Å². The average Bonchev–Trinajstić information content (AvgIpc) is 2.89. The first-order valence-electron chi connectivity index (χ1n) is 7.31. The highest BCUT2D eigenvalue weighted by atomic mass is 16.2. The Morgan fingerprint density at radius 3 is 2.70 bits per heavy atom. The van der Waals surface area contributed by atoms with Crippen LogP contribution >= 0.6 is 0 Å². The molecule has 3 rings (SSSR count). The third kappa shape index (κ3) is 3.42. The van der Waals surface area contributed by atoms with E-state index in [2.05, 4.69) is 20.6 Å². The van der Waals surface area contributed by atoms with E-state index in [4.69, 9.17) is 0 Å². The van der Waals surface area contributed by atoms with Gasteiger partial charge in [0.15, 0.2) is 5.69 Å². The molecule has 0 unspecified atom stereocenters. The van der Waals surface area contributed by atoms with Crippen LogP contribution in [-0.2, 0) is 6.54 Å². The van der Waals surface area contributed by atoms with Crippen molar-refractivity contribution in [2.75, 3.05) is 5.32 Å². The Morgan fingerprint density at radius 2 is 1.96 bits per heavy atom. The fourth-order valence-corrected chi connectivity index (χ4v) is 2.26. The highest BCUT2D eigenvalue weighted by molar-refractivity contribution is 6.03. The molecule has 0 aliphatic rings. The van der Waals surface area contributed by atoms with Gasteiger partial charge in [-0.1, -0.05) is 35.5 Å². The number of nitrogens with zero attached hydrogens (tertiary/aromatic N) is 4. The number of carbonyl (C=O) groups is 1. The molecule has 0 aliphatic heterocycles. The summed E-state index contributed by atoms with van der Waals surface area (Å²) in [5.41, 5.74) is 3.16. The molecule has 2 heterocycles. The number of pyridine rings is 1. The number of rotatable bonds is 4. The first kappa shape index (κ1) is 14.9. The van der Waals surface area contributed by atoms with Gasteiger partial charge in [0.05, 0.1) is 12.2 Å². The molecule has 0 fully saturated rings. The fraction of sp³-hybridized carbons (Fsp3) is 0.176. The van der Waals surface area contributed by atoms with E-state index in [0.717, 1.165) is 16.8 Å². The molecule has 0 saturated heterocycles. The molecule has 0 spiro atoms. The molecule has 3 aromatic rings. The minimum atomic E-state index is -0.306. The SMILES string of the molecule is Cc1ccnc(NC(=O)c2nnn(Cc3ccccc3)c2C)c1. The molecule has 6 nitrogen and oxygen atoms in total. The smallest absolute Gasteiger partial charge is 0.279 e. The van der Waals surface area contributed by atoms with Crippen molar-refractivity contribution in [2.24, 2.45) is 0 Å². The summed E-state index contributed by atoms with van der Waals surface area (Å²) in [7, 11) is 0. The van der Waals surface area contributed by atoms with E-state index in [1.807, 2.05) is 56.3 Å². The van der Waals surface area contributed by atoms with Crippen LogP contribution < -0.4 is 5.32 Å². The van der Waals surface area contributed by atoms with Crippen LogP contribution in [0.15, 0.2) is 48.7 Å². The Kier molecular flexibility index (Phi) is 4.14. The van der Waals surface area contributed by atoms with Gasteiger partial charge in [-0.2, -0.15) is 0 Å². The van der Waals surface area contributed by atoms with Crippen LogP contribution in [0.2, 0.25) is 0 Å². The minimum Gasteiger partial charge on any atom is -0.305 e. The molecule has 0 bridgehead atoms. The van der Waals surface area contributed by atoms with Gasteiger partial charge in [-0.05, 0) is 37.1 Å². The molecule has 1 amide bonds. The van der Waals surface area contributed by atoms with E-state index >= 15 is 0 Å². The Morgan fingerprint density at radius 1 is 1.17 bits per heavy atom. The highest BCUT2D eigenvalue weighted by Gasteiger charge is 2.17. The van der Waals surface area contributed by atoms with Crippen LogP contribution in [-0.4, -0.2) is 25.9 Å². The normalized spacial score (nSPS) is 10.5. The van der Waals surface area contributed by atoms with Crippen molar-refractivity contribution in [3.63, 3.8) is 0 Å². The van der Waals surface area contributed by atoms with E-state index in [1.54, 1.807) is 10.9 Å². The number of hydrogen-bond acceptors (Lipinski definition) is 4. The Bertz CT molecular complexity index is 826. The molecule has 2 aromatic heterocycles. The number of aromatic nitrogens is 4. The number of aryl methyl sites for hydroxylation is 1. The largest absolute Gasteiger partial charge is 0.305 e. The zero-order valence-corrected chi connectivity index (χ0v) is 13.0. The van der Waals surface area contributed by atoms with Gasteiger partial charge in [-0.3, -0.25) is 4.79 Å². The van der Waals surface area contributed by atoms with Crippen molar-refractivity contribution >= 4 is 11.7 Å². The van der Waals surface area contributed by atoms with Crippen molar-refractivity contribution in [3.8, 4) is 0 Å². The Labute approximate surface area is 134 Å². The number of amides is 1. The number of hydrogen-bond donors (Lipinski definition) is 1. The minimum absolute atomic E-state index is 0.306. The van der Waals surface area contributed by atoms with Gasteiger partial charge in [-0.15, -0.1) is 5.10 Å². The molecule has 1 aromatic carbocycles. The second-order valence-electron chi connectivity index (χ2n) is 5.34. The molecular weight excluding hydrogens is 290 g/mol. The standard InChI is InChI=1S/C17H17N5O/c1-12-8-9-18-15(10-12)19-17(23)16-13(2)22(21-20-16)11-14-6-4-3-5-7-14/h3-10H,11H2,1-2H3,(H,18,19,23). The van der Waals surface area contributed by atoms with Crippen LogP contribution in [0.1, 0.15) is 27.3 Å². The molecule has 0 aliphatic carbocycles. The van der Waals surface area contributed by atoms with E-state index in [-0.39, 0.29) is 5.91 Å². The number of benzene rings is 1. The van der Waals surface area contributed by atoms with Crippen molar-refractivity contribution in [1.82, 2.24) is 20.0 Å². The molecule has 1 N–H and O–H groups in total. The van der Waals surface area contributed by atoms with Crippen LogP contribution in [0, 0.1) is 13.8 Å². The number of nitrogens with one attached hydrogen (secondary N) is 1. The molecule has 116 valence electrons. The summed E-state index contributed by atoms with van der Waals surface area (Å²) < 4.78 is 1.72. The number of carbonyl (C=O) groups excluding carboxylic acids is 1. The van der Waals surface area contributed by atoms with Crippen LogP contribution in [0.5, 0.6) is 0 Å². The molecule has 0 radical (unpaired) electrons. The van der Waals surface area contributed by atoms with Gasteiger partial charge >= 0.3 is 0 Å². The first-order valence-corrected chi connectivity index (χ1v) is 7.31. The van der Waals surface area contributed by atoms with Crippen LogP contribution in [0.3, 0.4) is 0 Å². The predicted molar refractivity (Wildman–Crippen MR) is 87.2 cm³/mol.